The van der Waals surface area contributed by atoms with Gasteiger partial charge in [0.05, 0.1) is 0 Å². The number of rotatable bonds is 5. The lowest BCUT2D eigenvalue weighted by molar-refractivity contribution is -0.153. The number of ether oxygens (including phenoxy) is 1. The molecule has 0 radical (unpaired) electrons. The van der Waals surface area contributed by atoms with Gasteiger partial charge in [-0.2, -0.15) is 13.2 Å². The maximum absolute atomic E-state index is 13.0. The summed E-state index contributed by atoms with van der Waals surface area (Å²) in [6, 6.07) is -1.66. The minimum Gasteiger partial charge on any atom is -0.494 e. The van der Waals surface area contributed by atoms with Gasteiger partial charge in [-0.3, -0.25) is 0 Å². The average molecular weight is 314 g/mol. The maximum Gasteiger partial charge on any atom is 0.415 e. The van der Waals surface area contributed by atoms with Crippen LogP contribution in [0.2, 0.25) is 0 Å². The van der Waals surface area contributed by atoms with Gasteiger partial charge < -0.3 is 15.4 Å². The second-order valence-corrected chi connectivity index (χ2v) is 5.44. The molecule has 0 amide bonds. The van der Waals surface area contributed by atoms with Gasteiger partial charge in [0, 0.05) is 24.2 Å². The number of alkyl halides is 3. The maximum atomic E-state index is 13.0. The number of halogens is 3. The molecule has 1 unspecified atom stereocenters. The number of allylic oxidation sites excluding steroid dienone is 2. The van der Waals surface area contributed by atoms with Crippen molar-refractivity contribution in [1.82, 2.24) is 10.6 Å². The number of nitrogens with one attached hydrogen (secondary N) is 2. The molecule has 2 atom stereocenters. The molecule has 0 bridgehead atoms. The topological polar surface area (TPSA) is 33.3 Å². The van der Waals surface area contributed by atoms with Crippen molar-refractivity contribution >= 4 is 0 Å². The third kappa shape index (κ3) is 4.70. The van der Waals surface area contributed by atoms with Crippen LogP contribution in [0.4, 0.5) is 13.2 Å². The van der Waals surface area contributed by atoms with E-state index in [-0.39, 0.29) is 18.4 Å². The number of hydrogen-bond donors (Lipinski definition) is 2. The molecule has 2 heterocycles. The summed E-state index contributed by atoms with van der Waals surface area (Å²) in [6.45, 7) is 3.20. The first-order chi connectivity index (χ1) is 10.5. The lowest BCUT2D eigenvalue weighted by Crippen LogP contribution is -2.48. The normalized spacial score (nSPS) is 24.2. The Bertz CT molecular complexity index is 496. The van der Waals surface area contributed by atoms with E-state index in [1.807, 2.05) is 0 Å². The molecular formula is C16H21F3N2O. The molecule has 0 aromatic heterocycles. The lowest BCUT2D eigenvalue weighted by Gasteiger charge is -2.31. The van der Waals surface area contributed by atoms with E-state index in [2.05, 4.69) is 29.4 Å². The highest BCUT2D eigenvalue weighted by Gasteiger charge is 2.44. The van der Waals surface area contributed by atoms with E-state index >= 15 is 0 Å². The molecule has 122 valence electrons. The highest BCUT2D eigenvalue weighted by atomic mass is 19.4. The van der Waals surface area contributed by atoms with E-state index in [0.717, 1.165) is 32.2 Å². The van der Waals surface area contributed by atoms with E-state index in [1.165, 1.54) is 12.3 Å². The Morgan fingerprint density at radius 1 is 1.41 bits per heavy atom. The molecule has 0 aromatic carbocycles. The van der Waals surface area contributed by atoms with Gasteiger partial charge in [0.2, 0.25) is 0 Å². The predicted molar refractivity (Wildman–Crippen MR) is 78.8 cm³/mol. The summed E-state index contributed by atoms with van der Waals surface area (Å²) in [5.41, 5.74) is 0.521. The number of dihydropyridines is 1. The number of unbranched alkanes of at least 4 members (excludes halogenated alkanes) is 2. The van der Waals surface area contributed by atoms with Crippen LogP contribution in [0.5, 0.6) is 0 Å². The SMILES string of the molecule is CCCCC#CC1=CNC(C(F)(F)F)C(OC[C@@H]2CCN2)=C1. The Morgan fingerprint density at radius 2 is 2.18 bits per heavy atom. The zero-order chi connectivity index (χ0) is 16.0. The Kier molecular flexibility index (Phi) is 5.78. The largest absolute Gasteiger partial charge is 0.494 e. The molecule has 1 saturated heterocycles. The first-order valence-electron chi connectivity index (χ1n) is 7.60. The molecular weight excluding hydrogens is 293 g/mol. The Balaban J connectivity index is 2.02. The Hall–Kier alpha value is -1.61. The first kappa shape index (κ1) is 16.8. The third-order valence-corrected chi connectivity index (χ3v) is 3.58. The average Bonchev–Trinajstić information content (AvgIpc) is 2.41. The zero-order valence-electron chi connectivity index (χ0n) is 12.6. The van der Waals surface area contributed by atoms with Crippen molar-refractivity contribution in [2.24, 2.45) is 0 Å². The van der Waals surface area contributed by atoms with E-state index in [4.69, 9.17) is 4.74 Å². The monoisotopic (exact) mass is 314 g/mol. The van der Waals surface area contributed by atoms with Gasteiger partial charge >= 0.3 is 6.18 Å². The van der Waals surface area contributed by atoms with Gasteiger partial charge in [-0.25, -0.2) is 0 Å². The van der Waals surface area contributed by atoms with Gasteiger partial charge in [-0.1, -0.05) is 25.2 Å². The van der Waals surface area contributed by atoms with Crippen LogP contribution in [0.3, 0.4) is 0 Å². The van der Waals surface area contributed by atoms with Gasteiger partial charge in [-0.15, -0.1) is 0 Å². The third-order valence-electron chi connectivity index (χ3n) is 3.58. The van der Waals surface area contributed by atoms with E-state index in [0.29, 0.717) is 5.57 Å². The van der Waals surface area contributed by atoms with Crippen LogP contribution in [0.15, 0.2) is 23.6 Å². The Labute approximate surface area is 129 Å². The van der Waals surface area contributed by atoms with Crippen LogP contribution in [0, 0.1) is 11.8 Å². The fourth-order valence-corrected chi connectivity index (χ4v) is 2.10. The fourth-order valence-electron chi connectivity index (χ4n) is 2.10. The standard InChI is InChI=1S/C16H21F3N2O/c1-2-3-4-5-6-12-9-14(22-11-13-7-8-20-13)15(21-10-12)16(17,18)19/h9-10,13,15,20-21H,2-4,7-8,11H2,1H3/t13-,15?/m0/s1. The van der Waals surface area contributed by atoms with Crippen LogP contribution < -0.4 is 10.6 Å². The predicted octanol–water partition coefficient (Wildman–Crippen LogP) is 2.86. The molecule has 22 heavy (non-hydrogen) atoms. The van der Waals surface area contributed by atoms with Crippen molar-refractivity contribution in [2.75, 3.05) is 13.2 Å². The van der Waals surface area contributed by atoms with E-state index in [9.17, 15) is 13.2 Å². The summed E-state index contributed by atoms with van der Waals surface area (Å²) < 4.78 is 44.5. The molecule has 6 heteroatoms. The van der Waals surface area contributed by atoms with Gasteiger partial charge in [0.1, 0.15) is 12.4 Å². The van der Waals surface area contributed by atoms with Crippen molar-refractivity contribution in [3.63, 3.8) is 0 Å². The summed E-state index contributed by atoms with van der Waals surface area (Å²) in [7, 11) is 0. The highest BCUT2D eigenvalue weighted by molar-refractivity contribution is 5.42. The second-order valence-electron chi connectivity index (χ2n) is 5.44. The van der Waals surface area contributed by atoms with Crippen LogP contribution in [-0.2, 0) is 4.74 Å². The van der Waals surface area contributed by atoms with Crippen molar-refractivity contribution in [3.8, 4) is 11.8 Å². The minimum absolute atomic E-state index is 0.108. The summed E-state index contributed by atoms with van der Waals surface area (Å²) in [4.78, 5) is 0. The molecule has 2 N–H and O–H groups in total. The zero-order valence-corrected chi connectivity index (χ0v) is 12.6. The Morgan fingerprint density at radius 3 is 2.77 bits per heavy atom. The number of hydrogen-bond acceptors (Lipinski definition) is 3. The molecule has 3 nitrogen and oxygen atoms in total. The van der Waals surface area contributed by atoms with Gasteiger partial charge in [-0.05, 0) is 25.5 Å². The summed E-state index contributed by atoms with van der Waals surface area (Å²) in [5, 5.41) is 5.46. The van der Waals surface area contributed by atoms with E-state index < -0.39 is 12.2 Å². The minimum atomic E-state index is -4.39. The van der Waals surface area contributed by atoms with Gasteiger partial charge in [0.15, 0.2) is 6.04 Å². The summed E-state index contributed by atoms with van der Waals surface area (Å²) in [5.74, 6) is 5.74. The molecule has 2 aliphatic rings. The smallest absolute Gasteiger partial charge is 0.415 e. The molecule has 2 rings (SSSR count). The van der Waals surface area contributed by atoms with E-state index in [1.54, 1.807) is 0 Å². The van der Waals surface area contributed by atoms with Crippen molar-refractivity contribution in [1.29, 1.82) is 0 Å². The van der Waals surface area contributed by atoms with Crippen LogP contribution in [-0.4, -0.2) is 31.4 Å². The van der Waals surface area contributed by atoms with Crippen LogP contribution >= 0.6 is 0 Å². The molecule has 0 spiro atoms. The highest BCUT2D eigenvalue weighted by Crippen LogP contribution is 2.29. The molecule has 0 aromatic rings. The van der Waals surface area contributed by atoms with Gasteiger partial charge in [0.25, 0.3) is 0 Å². The van der Waals surface area contributed by atoms with Crippen molar-refractivity contribution in [3.05, 3.63) is 23.6 Å². The van der Waals surface area contributed by atoms with Crippen molar-refractivity contribution < 1.29 is 17.9 Å². The lowest BCUT2D eigenvalue weighted by atomic mass is 10.1. The first-order valence-corrected chi connectivity index (χ1v) is 7.60. The molecule has 2 aliphatic heterocycles. The molecule has 0 aliphatic carbocycles. The molecule has 1 fully saturated rings. The quantitative estimate of drug-likeness (QED) is 0.605. The van der Waals surface area contributed by atoms with Crippen molar-refractivity contribution in [2.45, 2.75) is 50.9 Å². The summed E-state index contributed by atoms with van der Waals surface area (Å²) >= 11 is 0. The summed E-state index contributed by atoms with van der Waals surface area (Å²) in [6.07, 6.45) is 2.01. The second kappa shape index (κ2) is 7.59. The fraction of sp³-hybridized carbons (Fsp3) is 0.625. The molecule has 0 saturated carbocycles. The van der Waals surface area contributed by atoms with Crippen LogP contribution in [0.25, 0.3) is 0 Å². The van der Waals surface area contributed by atoms with Crippen LogP contribution in [0.1, 0.15) is 32.6 Å².